The highest BCUT2D eigenvalue weighted by Crippen LogP contribution is 2.37. The summed E-state index contributed by atoms with van der Waals surface area (Å²) in [5, 5.41) is 14.6. The van der Waals surface area contributed by atoms with Crippen LogP contribution in [-0.2, 0) is 6.18 Å². The number of nitrogens with zero attached hydrogens (tertiary/aromatic N) is 3. The Labute approximate surface area is 167 Å². The van der Waals surface area contributed by atoms with Crippen molar-refractivity contribution in [1.82, 2.24) is 9.97 Å². The lowest BCUT2D eigenvalue weighted by atomic mass is 10.2. The van der Waals surface area contributed by atoms with E-state index in [9.17, 15) is 23.3 Å². The maximum Gasteiger partial charge on any atom is 0.416 e. The Morgan fingerprint density at radius 3 is 2.59 bits per heavy atom. The first kappa shape index (κ1) is 20.3. The van der Waals surface area contributed by atoms with E-state index in [4.69, 9.17) is 16.3 Å². The molecule has 0 amide bonds. The van der Waals surface area contributed by atoms with Gasteiger partial charge in [-0.05, 0) is 48.9 Å². The van der Waals surface area contributed by atoms with E-state index in [0.717, 1.165) is 18.5 Å². The molecule has 0 aliphatic heterocycles. The van der Waals surface area contributed by atoms with Gasteiger partial charge in [-0.15, -0.1) is 0 Å². The van der Waals surface area contributed by atoms with Gasteiger partial charge in [-0.2, -0.15) is 18.2 Å². The number of nitrogens with one attached hydrogen (secondary N) is 1. The summed E-state index contributed by atoms with van der Waals surface area (Å²) >= 11 is 5.95. The van der Waals surface area contributed by atoms with Gasteiger partial charge < -0.3 is 10.1 Å². The van der Waals surface area contributed by atoms with Crippen LogP contribution in [-0.4, -0.2) is 14.9 Å². The SMILES string of the molecule is Cc1cc(Oc2ncnc(Nc3cccc(C(F)(F)F)c3)c2[N+](=O)[O-])ccc1Cl. The third kappa shape index (κ3) is 4.72. The van der Waals surface area contributed by atoms with Gasteiger partial charge in [0.25, 0.3) is 0 Å². The van der Waals surface area contributed by atoms with E-state index in [-0.39, 0.29) is 23.1 Å². The quantitative estimate of drug-likeness (QED) is 0.405. The van der Waals surface area contributed by atoms with E-state index < -0.39 is 22.4 Å². The van der Waals surface area contributed by atoms with Crippen molar-refractivity contribution < 1.29 is 22.8 Å². The number of ether oxygens (including phenoxy) is 1. The monoisotopic (exact) mass is 424 g/mol. The predicted octanol–water partition coefficient (Wildman–Crippen LogP) is 5.90. The molecule has 0 spiro atoms. The molecule has 2 aromatic carbocycles. The van der Waals surface area contributed by atoms with E-state index in [1.165, 1.54) is 18.2 Å². The van der Waals surface area contributed by atoms with Gasteiger partial charge in [-0.25, -0.2) is 4.98 Å². The number of nitro groups is 1. The van der Waals surface area contributed by atoms with Crippen molar-refractivity contribution in [2.45, 2.75) is 13.1 Å². The fourth-order valence-corrected chi connectivity index (χ4v) is 2.51. The lowest BCUT2D eigenvalue weighted by Gasteiger charge is -2.12. The Hall–Kier alpha value is -3.40. The minimum atomic E-state index is -4.56. The van der Waals surface area contributed by atoms with Gasteiger partial charge in [0.15, 0.2) is 0 Å². The van der Waals surface area contributed by atoms with E-state index in [0.29, 0.717) is 10.6 Å². The Morgan fingerprint density at radius 1 is 1.17 bits per heavy atom. The van der Waals surface area contributed by atoms with Crippen molar-refractivity contribution in [3.05, 3.63) is 75.1 Å². The Kier molecular flexibility index (Phi) is 5.55. The van der Waals surface area contributed by atoms with Crippen LogP contribution >= 0.6 is 11.6 Å². The molecule has 0 radical (unpaired) electrons. The number of halogens is 4. The highest BCUT2D eigenvalue weighted by molar-refractivity contribution is 6.31. The number of aromatic nitrogens is 2. The number of hydrogen-bond acceptors (Lipinski definition) is 6. The molecule has 1 N–H and O–H groups in total. The van der Waals surface area contributed by atoms with Gasteiger partial charge in [0.1, 0.15) is 12.1 Å². The molecule has 0 atom stereocenters. The summed E-state index contributed by atoms with van der Waals surface area (Å²) < 4.78 is 44.2. The number of benzene rings is 2. The summed E-state index contributed by atoms with van der Waals surface area (Å²) in [6, 6.07) is 8.82. The minimum absolute atomic E-state index is 0.0325. The van der Waals surface area contributed by atoms with Crippen LogP contribution in [0.1, 0.15) is 11.1 Å². The molecule has 0 saturated carbocycles. The summed E-state index contributed by atoms with van der Waals surface area (Å²) in [7, 11) is 0. The lowest BCUT2D eigenvalue weighted by Crippen LogP contribution is -2.06. The number of rotatable bonds is 5. The number of anilines is 2. The molecule has 11 heteroatoms. The second kappa shape index (κ2) is 7.92. The Morgan fingerprint density at radius 2 is 1.93 bits per heavy atom. The molecule has 0 aliphatic rings. The van der Waals surface area contributed by atoms with Gasteiger partial charge >= 0.3 is 17.7 Å². The fourth-order valence-electron chi connectivity index (χ4n) is 2.40. The van der Waals surface area contributed by atoms with Crippen LogP contribution in [0.3, 0.4) is 0 Å². The number of hydrogen-bond donors (Lipinski definition) is 1. The molecule has 7 nitrogen and oxygen atoms in total. The van der Waals surface area contributed by atoms with Gasteiger partial charge in [-0.3, -0.25) is 10.1 Å². The maximum atomic E-state index is 12.9. The molecule has 0 fully saturated rings. The standard InChI is InChI=1S/C18H12ClF3N4O3/c1-10-7-13(5-6-14(10)19)29-17-15(26(27)28)16(23-9-24-17)25-12-4-2-3-11(8-12)18(20,21)22/h2-9H,1H3,(H,23,24,25). The molecule has 1 heterocycles. The topological polar surface area (TPSA) is 90.2 Å². The van der Waals surface area contributed by atoms with Crippen molar-refractivity contribution in [1.29, 1.82) is 0 Å². The van der Waals surface area contributed by atoms with E-state index in [2.05, 4.69) is 15.3 Å². The largest absolute Gasteiger partial charge is 0.434 e. The summed E-state index contributed by atoms with van der Waals surface area (Å²) in [4.78, 5) is 18.3. The molecule has 0 saturated heterocycles. The van der Waals surface area contributed by atoms with Crippen molar-refractivity contribution in [2.75, 3.05) is 5.32 Å². The third-order valence-electron chi connectivity index (χ3n) is 3.77. The zero-order valence-electron chi connectivity index (χ0n) is 14.7. The van der Waals surface area contributed by atoms with Gasteiger partial charge in [0.05, 0.1) is 10.5 Å². The summed E-state index contributed by atoms with van der Waals surface area (Å²) in [5.74, 6) is -0.440. The zero-order valence-corrected chi connectivity index (χ0v) is 15.5. The van der Waals surface area contributed by atoms with Crippen LogP contribution in [0.4, 0.5) is 30.4 Å². The van der Waals surface area contributed by atoms with Crippen molar-refractivity contribution >= 4 is 28.8 Å². The fraction of sp³-hybridized carbons (Fsp3) is 0.111. The van der Waals surface area contributed by atoms with Crippen LogP contribution < -0.4 is 10.1 Å². The third-order valence-corrected chi connectivity index (χ3v) is 4.19. The van der Waals surface area contributed by atoms with Crippen LogP contribution in [0.5, 0.6) is 11.6 Å². The average Bonchev–Trinajstić information content (AvgIpc) is 2.64. The van der Waals surface area contributed by atoms with Crippen LogP contribution in [0.25, 0.3) is 0 Å². The predicted molar refractivity (Wildman–Crippen MR) is 99.7 cm³/mol. The maximum absolute atomic E-state index is 12.9. The Bertz CT molecular complexity index is 1080. The molecule has 3 aromatic rings. The number of aryl methyl sites for hydroxylation is 1. The zero-order chi connectivity index (χ0) is 21.2. The highest BCUT2D eigenvalue weighted by atomic mass is 35.5. The first-order valence-electron chi connectivity index (χ1n) is 8.03. The molecule has 150 valence electrons. The average molecular weight is 425 g/mol. The lowest BCUT2D eigenvalue weighted by molar-refractivity contribution is -0.385. The molecular formula is C18H12ClF3N4O3. The number of alkyl halides is 3. The first-order chi connectivity index (χ1) is 13.6. The molecular weight excluding hydrogens is 413 g/mol. The molecule has 0 bridgehead atoms. The van der Waals surface area contributed by atoms with Gasteiger partial charge in [0.2, 0.25) is 5.82 Å². The van der Waals surface area contributed by atoms with E-state index in [1.807, 2.05) is 0 Å². The van der Waals surface area contributed by atoms with E-state index in [1.54, 1.807) is 19.1 Å². The van der Waals surface area contributed by atoms with Crippen molar-refractivity contribution in [3.63, 3.8) is 0 Å². The van der Waals surface area contributed by atoms with Crippen LogP contribution in [0.2, 0.25) is 5.02 Å². The molecule has 3 rings (SSSR count). The second-order valence-electron chi connectivity index (χ2n) is 5.85. The van der Waals surface area contributed by atoms with Gasteiger partial charge in [0, 0.05) is 10.7 Å². The van der Waals surface area contributed by atoms with Crippen molar-refractivity contribution in [3.8, 4) is 11.6 Å². The second-order valence-corrected chi connectivity index (χ2v) is 6.26. The van der Waals surface area contributed by atoms with Crippen LogP contribution in [0.15, 0.2) is 48.8 Å². The minimum Gasteiger partial charge on any atom is -0.434 e. The highest BCUT2D eigenvalue weighted by Gasteiger charge is 2.31. The first-order valence-corrected chi connectivity index (χ1v) is 8.40. The smallest absolute Gasteiger partial charge is 0.416 e. The van der Waals surface area contributed by atoms with Gasteiger partial charge in [-0.1, -0.05) is 17.7 Å². The molecule has 0 aliphatic carbocycles. The van der Waals surface area contributed by atoms with Crippen molar-refractivity contribution in [2.24, 2.45) is 0 Å². The molecule has 1 aromatic heterocycles. The van der Waals surface area contributed by atoms with E-state index >= 15 is 0 Å². The summed E-state index contributed by atoms with van der Waals surface area (Å²) in [6.07, 6.45) is -3.56. The molecule has 0 unspecified atom stereocenters. The summed E-state index contributed by atoms with van der Waals surface area (Å²) in [5.41, 5.74) is -0.886. The van der Waals surface area contributed by atoms with Crippen LogP contribution in [0, 0.1) is 17.0 Å². The molecule has 29 heavy (non-hydrogen) atoms. The Balaban J connectivity index is 1.97. The normalized spacial score (nSPS) is 11.2. The summed E-state index contributed by atoms with van der Waals surface area (Å²) in [6.45, 7) is 1.73.